The number of amides is 2. The van der Waals surface area contributed by atoms with Gasteiger partial charge < -0.3 is 19.3 Å². The molecule has 0 aliphatic carbocycles. The van der Waals surface area contributed by atoms with Gasteiger partial charge in [-0.2, -0.15) is 13.2 Å². The lowest BCUT2D eigenvalue weighted by molar-refractivity contribution is -0.145. The van der Waals surface area contributed by atoms with E-state index in [9.17, 15) is 22.8 Å². The van der Waals surface area contributed by atoms with Crippen molar-refractivity contribution < 1.29 is 32.2 Å². The Labute approximate surface area is 309 Å². The van der Waals surface area contributed by atoms with E-state index in [1.54, 1.807) is 4.90 Å². The van der Waals surface area contributed by atoms with Crippen LogP contribution < -0.4 is 9.47 Å². The largest absolute Gasteiger partial charge is 0.454 e. The molecule has 10 heteroatoms. The van der Waals surface area contributed by atoms with Crippen LogP contribution in [0.15, 0.2) is 103 Å². The van der Waals surface area contributed by atoms with Crippen molar-refractivity contribution in [2.75, 3.05) is 33.0 Å². The summed E-state index contributed by atoms with van der Waals surface area (Å²) in [5.74, 6) is 0.949. The maximum Gasteiger partial charge on any atom is 0.416 e. The van der Waals surface area contributed by atoms with Gasteiger partial charge in [0.05, 0.1) is 5.56 Å². The molecule has 0 N–H and O–H groups in total. The highest BCUT2D eigenvalue weighted by Gasteiger charge is 2.34. The Morgan fingerprint density at radius 3 is 2.17 bits per heavy atom. The van der Waals surface area contributed by atoms with E-state index in [1.165, 1.54) is 29.8 Å². The summed E-state index contributed by atoms with van der Waals surface area (Å²) in [5.41, 5.74) is 3.82. The lowest BCUT2D eigenvalue weighted by Gasteiger charge is -2.39. The van der Waals surface area contributed by atoms with Crippen molar-refractivity contribution in [1.29, 1.82) is 0 Å². The van der Waals surface area contributed by atoms with Crippen LogP contribution in [0.3, 0.4) is 0 Å². The third kappa shape index (κ3) is 10.3. The number of rotatable bonds is 14. The van der Waals surface area contributed by atoms with Gasteiger partial charge in [0.25, 0.3) is 0 Å². The number of benzene rings is 4. The van der Waals surface area contributed by atoms with Gasteiger partial charge in [0, 0.05) is 51.8 Å². The van der Waals surface area contributed by atoms with Crippen LogP contribution in [-0.4, -0.2) is 65.5 Å². The number of hydrogen-bond donors (Lipinski definition) is 0. The van der Waals surface area contributed by atoms with Crippen molar-refractivity contribution in [2.24, 2.45) is 0 Å². The molecule has 4 aromatic carbocycles. The quantitative estimate of drug-likeness (QED) is 0.0971. The zero-order chi connectivity index (χ0) is 37.2. The highest BCUT2D eigenvalue weighted by Crippen LogP contribution is 2.33. The van der Waals surface area contributed by atoms with Crippen LogP contribution in [-0.2, 0) is 41.7 Å². The maximum absolute atomic E-state index is 14.6. The fourth-order valence-corrected chi connectivity index (χ4v) is 6.78. The topological polar surface area (TPSA) is 62.3 Å². The normalized spacial score (nSPS) is 15.1. The summed E-state index contributed by atoms with van der Waals surface area (Å²) in [6, 6.07) is 27.6. The molecule has 2 aliphatic rings. The van der Waals surface area contributed by atoms with Gasteiger partial charge in [0.1, 0.15) is 6.04 Å². The second-order valence-corrected chi connectivity index (χ2v) is 13.7. The van der Waals surface area contributed by atoms with E-state index in [1.807, 2.05) is 65.6 Å². The summed E-state index contributed by atoms with van der Waals surface area (Å²) in [6.07, 6.45) is 3.10. The number of nitrogens with zero attached hydrogens (tertiary/aromatic N) is 3. The summed E-state index contributed by atoms with van der Waals surface area (Å²) in [4.78, 5) is 34.6. The lowest BCUT2D eigenvalue weighted by atomic mass is 10.0. The number of fused-ring (bicyclic) bond motifs is 1. The molecule has 278 valence electrons. The molecule has 2 amide bonds. The number of carbonyl (C=O) groups excluding carboxylic acids is 2. The number of hydrogen-bond acceptors (Lipinski definition) is 5. The summed E-state index contributed by atoms with van der Waals surface area (Å²) in [7, 11) is 0. The Hall–Kier alpha value is -5.09. The predicted molar refractivity (Wildman–Crippen MR) is 199 cm³/mol. The van der Waals surface area contributed by atoms with Crippen LogP contribution in [0.2, 0.25) is 0 Å². The van der Waals surface area contributed by atoms with E-state index < -0.39 is 23.7 Å². The Kier molecular flexibility index (Phi) is 12.5. The Balaban J connectivity index is 1.23. The molecule has 0 unspecified atom stereocenters. The van der Waals surface area contributed by atoms with Crippen molar-refractivity contribution in [3.63, 3.8) is 0 Å². The molecule has 1 saturated heterocycles. The fraction of sp³-hybridized carbons (Fsp3) is 0.349. The molecule has 4 aromatic rings. The minimum Gasteiger partial charge on any atom is -0.454 e. The number of carbonyl (C=O) groups is 2. The monoisotopic (exact) mass is 725 g/mol. The summed E-state index contributed by atoms with van der Waals surface area (Å²) in [5, 5.41) is 0. The van der Waals surface area contributed by atoms with E-state index in [2.05, 4.69) is 24.0 Å². The molecule has 1 atom stereocenters. The van der Waals surface area contributed by atoms with Crippen molar-refractivity contribution in [3.05, 3.63) is 137 Å². The van der Waals surface area contributed by atoms with Gasteiger partial charge in [0.2, 0.25) is 18.6 Å². The van der Waals surface area contributed by atoms with Gasteiger partial charge in [-0.3, -0.25) is 14.5 Å². The minimum atomic E-state index is -4.46. The van der Waals surface area contributed by atoms with Crippen LogP contribution >= 0.6 is 0 Å². The molecule has 0 saturated carbocycles. The van der Waals surface area contributed by atoms with Gasteiger partial charge in [-0.05, 0) is 71.0 Å². The van der Waals surface area contributed by atoms with Gasteiger partial charge in [-0.1, -0.05) is 92.6 Å². The van der Waals surface area contributed by atoms with Crippen LogP contribution in [0.4, 0.5) is 13.2 Å². The first-order chi connectivity index (χ1) is 25.7. The molecule has 6 rings (SSSR count). The first-order valence-corrected chi connectivity index (χ1v) is 18.3. The SMILES string of the molecule is CCCCCc1ccc(CN(C(=O)/C=C/c2ccc(C(F)(F)F)cc2)[C@@H](Cc2ccccc2)C(=O)N2CCN(Cc3ccc4c(c3)OCO4)CC2)cc1. The average Bonchev–Trinajstić information content (AvgIpc) is 3.64. The van der Waals surface area contributed by atoms with Crippen LogP contribution in [0.5, 0.6) is 11.5 Å². The molecule has 0 aromatic heterocycles. The zero-order valence-corrected chi connectivity index (χ0v) is 30.1. The summed E-state index contributed by atoms with van der Waals surface area (Å²) < 4.78 is 50.5. The molecule has 1 fully saturated rings. The third-order valence-electron chi connectivity index (χ3n) is 9.84. The Morgan fingerprint density at radius 1 is 0.792 bits per heavy atom. The van der Waals surface area contributed by atoms with E-state index in [0.29, 0.717) is 44.7 Å². The Morgan fingerprint density at radius 2 is 1.47 bits per heavy atom. The molecule has 7 nitrogen and oxygen atoms in total. The van der Waals surface area contributed by atoms with Gasteiger partial charge in [-0.25, -0.2) is 0 Å². The van der Waals surface area contributed by atoms with Gasteiger partial charge in [-0.15, -0.1) is 0 Å². The summed E-state index contributed by atoms with van der Waals surface area (Å²) >= 11 is 0. The minimum absolute atomic E-state index is 0.135. The number of halogens is 3. The van der Waals surface area contributed by atoms with Crippen molar-refractivity contribution in [2.45, 2.75) is 64.3 Å². The number of ether oxygens (including phenoxy) is 2. The molecule has 2 aliphatic heterocycles. The fourth-order valence-electron chi connectivity index (χ4n) is 6.78. The number of unbranched alkanes of at least 4 members (excludes halogenated alkanes) is 2. The molecule has 0 spiro atoms. The molecule has 53 heavy (non-hydrogen) atoms. The first-order valence-electron chi connectivity index (χ1n) is 18.3. The van der Waals surface area contributed by atoms with E-state index in [-0.39, 0.29) is 19.2 Å². The van der Waals surface area contributed by atoms with E-state index in [0.717, 1.165) is 66.0 Å². The predicted octanol–water partition coefficient (Wildman–Crippen LogP) is 8.16. The van der Waals surface area contributed by atoms with Crippen LogP contribution in [0, 0.1) is 0 Å². The number of piperazine rings is 1. The van der Waals surface area contributed by atoms with E-state index >= 15 is 0 Å². The van der Waals surface area contributed by atoms with Crippen molar-refractivity contribution >= 4 is 17.9 Å². The highest BCUT2D eigenvalue weighted by molar-refractivity contribution is 5.95. The van der Waals surface area contributed by atoms with Crippen molar-refractivity contribution in [3.8, 4) is 11.5 Å². The molecule has 0 radical (unpaired) electrons. The van der Waals surface area contributed by atoms with Crippen LogP contribution in [0.1, 0.15) is 59.6 Å². The Bertz CT molecular complexity index is 1840. The zero-order valence-electron chi connectivity index (χ0n) is 30.1. The molecule has 2 heterocycles. The smallest absolute Gasteiger partial charge is 0.416 e. The standard InChI is InChI=1S/C43H46F3N3O4/c1-2-3-5-8-32-11-13-35(14-12-32)30-49(41(50)22-18-33-15-19-37(20-16-33)43(44,45)46)38(27-34-9-6-4-7-10-34)42(51)48-25-23-47(24-26-48)29-36-17-21-39-40(28-36)53-31-52-39/h4,6-7,9-22,28,38H,2-3,5,8,23-27,29-31H2,1H3/b22-18+/t38-/m0/s1. The molecular formula is C43H46F3N3O4. The third-order valence-corrected chi connectivity index (χ3v) is 9.84. The highest BCUT2D eigenvalue weighted by atomic mass is 19.4. The van der Waals surface area contributed by atoms with Gasteiger partial charge in [0.15, 0.2) is 11.5 Å². The molecule has 0 bridgehead atoms. The number of alkyl halides is 3. The second-order valence-electron chi connectivity index (χ2n) is 13.7. The first kappa shape index (κ1) is 37.7. The van der Waals surface area contributed by atoms with Crippen LogP contribution in [0.25, 0.3) is 6.08 Å². The summed E-state index contributed by atoms with van der Waals surface area (Å²) in [6.45, 7) is 5.64. The number of aryl methyl sites for hydroxylation is 1. The van der Waals surface area contributed by atoms with E-state index in [4.69, 9.17) is 9.47 Å². The molecular weight excluding hydrogens is 679 g/mol. The average molecular weight is 726 g/mol. The van der Waals surface area contributed by atoms with Gasteiger partial charge >= 0.3 is 6.18 Å². The maximum atomic E-state index is 14.6. The van der Waals surface area contributed by atoms with Crippen molar-refractivity contribution in [1.82, 2.24) is 14.7 Å². The lowest BCUT2D eigenvalue weighted by Crippen LogP contribution is -2.56. The second kappa shape index (κ2) is 17.6.